The van der Waals surface area contributed by atoms with Crippen LogP contribution < -0.4 is 15.4 Å². The molecule has 2 amide bonds. The Bertz CT molecular complexity index is 396. The highest BCUT2D eigenvalue weighted by Gasteiger charge is 2.05. The summed E-state index contributed by atoms with van der Waals surface area (Å²) in [6, 6.07) is 4.04. The van der Waals surface area contributed by atoms with E-state index in [1.807, 2.05) is 0 Å². The molecule has 16 heavy (non-hydrogen) atoms. The molecule has 0 unspecified atom stereocenters. The van der Waals surface area contributed by atoms with Crippen molar-refractivity contribution in [2.24, 2.45) is 0 Å². The number of rotatable bonds is 5. The largest absolute Gasteiger partial charge is 0.494 e. The zero-order chi connectivity index (χ0) is 12.0. The maximum atomic E-state index is 13.2. The molecule has 0 atom stereocenters. The summed E-state index contributed by atoms with van der Waals surface area (Å²) < 4.78 is 17.9. The fraction of sp³-hybridized carbons (Fsp3) is 0.200. The Labute approximate surface area is 91.6 Å². The van der Waals surface area contributed by atoms with Gasteiger partial charge in [0.2, 0.25) is 12.3 Å². The van der Waals surface area contributed by atoms with Crippen LogP contribution in [0.4, 0.5) is 10.1 Å². The van der Waals surface area contributed by atoms with Crippen molar-refractivity contribution in [3.8, 4) is 5.75 Å². The van der Waals surface area contributed by atoms with Gasteiger partial charge in [-0.1, -0.05) is 0 Å². The van der Waals surface area contributed by atoms with Crippen molar-refractivity contribution in [1.29, 1.82) is 0 Å². The van der Waals surface area contributed by atoms with Gasteiger partial charge in [0.05, 0.1) is 13.7 Å². The maximum Gasteiger partial charge on any atom is 0.243 e. The van der Waals surface area contributed by atoms with Crippen molar-refractivity contribution < 1.29 is 18.7 Å². The smallest absolute Gasteiger partial charge is 0.243 e. The van der Waals surface area contributed by atoms with E-state index in [-0.39, 0.29) is 12.3 Å². The predicted molar refractivity (Wildman–Crippen MR) is 55.6 cm³/mol. The summed E-state index contributed by atoms with van der Waals surface area (Å²) in [7, 11) is 1.35. The van der Waals surface area contributed by atoms with Crippen LogP contribution in [0.15, 0.2) is 18.2 Å². The van der Waals surface area contributed by atoms with Gasteiger partial charge in [0, 0.05) is 11.8 Å². The van der Waals surface area contributed by atoms with E-state index in [1.165, 1.54) is 19.2 Å². The highest BCUT2D eigenvalue weighted by molar-refractivity contribution is 5.93. The first-order valence-electron chi connectivity index (χ1n) is 4.47. The number of methoxy groups -OCH3 is 1. The van der Waals surface area contributed by atoms with Crippen LogP contribution in [-0.4, -0.2) is 26.0 Å². The van der Waals surface area contributed by atoms with E-state index in [4.69, 9.17) is 4.74 Å². The molecule has 2 N–H and O–H groups in total. The van der Waals surface area contributed by atoms with Crippen LogP contribution in [0, 0.1) is 5.82 Å². The van der Waals surface area contributed by atoms with Crippen molar-refractivity contribution in [3.63, 3.8) is 0 Å². The molecule has 0 saturated carbocycles. The van der Waals surface area contributed by atoms with Crippen molar-refractivity contribution in [2.75, 3.05) is 19.0 Å². The predicted octanol–water partition coefficient (Wildman–Crippen LogP) is 0.519. The number of hydrogen-bond acceptors (Lipinski definition) is 3. The zero-order valence-electron chi connectivity index (χ0n) is 8.62. The molecule has 0 bridgehead atoms. The molecule has 0 aliphatic carbocycles. The topological polar surface area (TPSA) is 67.4 Å². The number of hydrogen-bond donors (Lipinski definition) is 2. The van der Waals surface area contributed by atoms with E-state index < -0.39 is 11.7 Å². The molecule has 0 fully saturated rings. The van der Waals surface area contributed by atoms with Gasteiger partial charge in [0.15, 0.2) is 11.6 Å². The van der Waals surface area contributed by atoms with Crippen molar-refractivity contribution in [3.05, 3.63) is 24.0 Å². The van der Waals surface area contributed by atoms with Crippen LogP contribution in [-0.2, 0) is 9.59 Å². The molecule has 0 saturated heterocycles. The van der Waals surface area contributed by atoms with Crippen LogP contribution >= 0.6 is 0 Å². The van der Waals surface area contributed by atoms with Gasteiger partial charge < -0.3 is 15.4 Å². The normalized spacial score (nSPS) is 9.38. The fourth-order valence-corrected chi connectivity index (χ4v) is 1.08. The standard InChI is InChI=1S/C10H11FN2O3/c1-16-9-3-2-7(4-8(9)11)13-10(15)5-12-6-14/h2-4,6H,5H2,1H3,(H,12,14)(H,13,15). The van der Waals surface area contributed by atoms with Crippen molar-refractivity contribution in [2.45, 2.75) is 0 Å². The summed E-state index contributed by atoms with van der Waals surface area (Å²) in [5, 5.41) is 4.61. The molecule has 0 spiro atoms. The van der Waals surface area contributed by atoms with Gasteiger partial charge in [-0.25, -0.2) is 4.39 Å². The minimum atomic E-state index is -0.566. The summed E-state index contributed by atoms with van der Waals surface area (Å²) in [6.45, 7) is -0.156. The number of amides is 2. The second kappa shape index (κ2) is 5.69. The second-order valence-electron chi connectivity index (χ2n) is 2.90. The molecule has 0 aromatic heterocycles. The average molecular weight is 226 g/mol. The van der Waals surface area contributed by atoms with Crippen LogP contribution in [0.25, 0.3) is 0 Å². The van der Waals surface area contributed by atoms with Gasteiger partial charge in [-0.15, -0.1) is 0 Å². The molecule has 6 heteroatoms. The minimum Gasteiger partial charge on any atom is -0.494 e. The highest BCUT2D eigenvalue weighted by atomic mass is 19.1. The van der Waals surface area contributed by atoms with Crippen LogP contribution in [0.1, 0.15) is 0 Å². The van der Waals surface area contributed by atoms with E-state index in [0.29, 0.717) is 12.1 Å². The Morgan fingerprint density at radius 2 is 2.31 bits per heavy atom. The molecule has 86 valence electrons. The summed E-state index contributed by atoms with van der Waals surface area (Å²) in [4.78, 5) is 21.1. The fourth-order valence-electron chi connectivity index (χ4n) is 1.08. The molecule has 1 aromatic rings. The maximum absolute atomic E-state index is 13.2. The molecule has 0 aliphatic heterocycles. The van der Waals surface area contributed by atoms with E-state index in [9.17, 15) is 14.0 Å². The first-order chi connectivity index (χ1) is 7.67. The van der Waals surface area contributed by atoms with Gasteiger partial charge >= 0.3 is 0 Å². The summed E-state index contributed by atoms with van der Waals surface area (Å²) in [5.41, 5.74) is 0.302. The molecule has 1 aromatic carbocycles. The lowest BCUT2D eigenvalue weighted by Crippen LogP contribution is -2.26. The molecular weight excluding hydrogens is 215 g/mol. The average Bonchev–Trinajstić information content (AvgIpc) is 2.26. The summed E-state index contributed by atoms with van der Waals surface area (Å²) in [5.74, 6) is -0.899. The Hall–Kier alpha value is -2.11. The monoisotopic (exact) mass is 226 g/mol. The van der Waals surface area contributed by atoms with E-state index in [1.54, 1.807) is 0 Å². The lowest BCUT2D eigenvalue weighted by atomic mass is 10.3. The quantitative estimate of drug-likeness (QED) is 0.719. The van der Waals surface area contributed by atoms with Crippen molar-refractivity contribution >= 4 is 18.0 Å². The van der Waals surface area contributed by atoms with Crippen LogP contribution in [0.3, 0.4) is 0 Å². The molecule has 0 aliphatic rings. The molecule has 5 nitrogen and oxygen atoms in total. The lowest BCUT2D eigenvalue weighted by Gasteiger charge is -2.06. The number of ether oxygens (including phenoxy) is 1. The molecule has 0 radical (unpaired) electrons. The number of nitrogens with one attached hydrogen (secondary N) is 2. The Kier molecular flexibility index (Phi) is 4.26. The first kappa shape index (κ1) is 12.0. The SMILES string of the molecule is COc1ccc(NC(=O)CNC=O)cc1F. The molecule has 0 heterocycles. The number of carbonyl (C=O) groups excluding carboxylic acids is 2. The molecule has 1 rings (SSSR count). The third kappa shape index (κ3) is 3.23. The first-order valence-corrected chi connectivity index (χ1v) is 4.47. The number of benzene rings is 1. The summed E-state index contributed by atoms with van der Waals surface area (Å²) >= 11 is 0. The van der Waals surface area contributed by atoms with E-state index in [2.05, 4.69) is 10.6 Å². The van der Waals surface area contributed by atoms with Gasteiger partial charge in [0.25, 0.3) is 0 Å². The Morgan fingerprint density at radius 1 is 1.56 bits per heavy atom. The lowest BCUT2D eigenvalue weighted by molar-refractivity contribution is -0.118. The summed E-state index contributed by atoms with van der Waals surface area (Å²) in [6.07, 6.45) is 0.411. The molecular formula is C10H11FN2O3. The number of anilines is 1. The Balaban J connectivity index is 2.64. The van der Waals surface area contributed by atoms with E-state index in [0.717, 1.165) is 6.07 Å². The van der Waals surface area contributed by atoms with Gasteiger partial charge in [-0.3, -0.25) is 9.59 Å². The van der Waals surface area contributed by atoms with Gasteiger partial charge in [-0.05, 0) is 12.1 Å². The number of carbonyl (C=O) groups is 2. The van der Waals surface area contributed by atoms with Crippen molar-refractivity contribution in [1.82, 2.24) is 5.32 Å². The third-order valence-corrected chi connectivity index (χ3v) is 1.78. The third-order valence-electron chi connectivity index (χ3n) is 1.78. The van der Waals surface area contributed by atoms with Gasteiger partial charge in [-0.2, -0.15) is 0 Å². The Morgan fingerprint density at radius 3 is 2.88 bits per heavy atom. The highest BCUT2D eigenvalue weighted by Crippen LogP contribution is 2.20. The van der Waals surface area contributed by atoms with Crippen LogP contribution in [0.2, 0.25) is 0 Å². The zero-order valence-corrected chi connectivity index (χ0v) is 8.62. The van der Waals surface area contributed by atoms with Gasteiger partial charge in [0.1, 0.15) is 0 Å². The van der Waals surface area contributed by atoms with E-state index >= 15 is 0 Å². The second-order valence-corrected chi connectivity index (χ2v) is 2.90. The van der Waals surface area contributed by atoms with Crippen LogP contribution in [0.5, 0.6) is 5.75 Å². The number of halogens is 1. The minimum absolute atomic E-state index is 0.101.